The highest BCUT2D eigenvalue weighted by molar-refractivity contribution is 5.62. The fourth-order valence-electron chi connectivity index (χ4n) is 1.42. The number of aromatic amines is 1. The maximum atomic E-state index is 8.98. The molecule has 0 saturated heterocycles. The van der Waals surface area contributed by atoms with Gasteiger partial charge in [-0.15, -0.1) is 0 Å². The molecule has 0 saturated carbocycles. The van der Waals surface area contributed by atoms with Crippen LogP contribution >= 0.6 is 0 Å². The minimum Gasteiger partial charge on any atom is -0.385 e. The highest BCUT2D eigenvalue weighted by Crippen LogP contribution is 2.17. The SMILES string of the molecule is OCc1cc(-c2ccccc2)cc[nH+]1. The number of benzene rings is 1. The number of hydrogen-bond donors (Lipinski definition) is 1. The maximum absolute atomic E-state index is 8.98. The van der Waals surface area contributed by atoms with Crippen LogP contribution in [-0.4, -0.2) is 5.11 Å². The summed E-state index contributed by atoms with van der Waals surface area (Å²) < 4.78 is 0. The van der Waals surface area contributed by atoms with E-state index in [4.69, 9.17) is 5.11 Å². The van der Waals surface area contributed by atoms with Crippen molar-refractivity contribution in [2.45, 2.75) is 6.61 Å². The summed E-state index contributed by atoms with van der Waals surface area (Å²) in [6.07, 6.45) is 1.84. The van der Waals surface area contributed by atoms with E-state index in [9.17, 15) is 0 Å². The summed E-state index contributed by atoms with van der Waals surface area (Å²) in [5.41, 5.74) is 3.11. The summed E-state index contributed by atoms with van der Waals surface area (Å²) in [6, 6.07) is 14.1. The van der Waals surface area contributed by atoms with Crippen LogP contribution < -0.4 is 4.98 Å². The van der Waals surface area contributed by atoms with Gasteiger partial charge in [0.15, 0.2) is 6.20 Å². The molecule has 0 spiro atoms. The zero-order valence-corrected chi connectivity index (χ0v) is 7.77. The quantitative estimate of drug-likeness (QED) is 0.760. The van der Waals surface area contributed by atoms with Gasteiger partial charge in [0.2, 0.25) is 5.69 Å². The van der Waals surface area contributed by atoms with E-state index in [1.54, 1.807) is 0 Å². The lowest BCUT2D eigenvalue weighted by atomic mass is 10.1. The summed E-state index contributed by atoms with van der Waals surface area (Å²) >= 11 is 0. The van der Waals surface area contributed by atoms with Crippen molar-refractivity contribution in [3.63, 3.8) is 0 Å². The number of H-pyrrole nitrogens is 1. The van der Waals surface area contributed by atoms with Gasteiger partial charge in [-0.05, 0) is 11.1 Å². The van der Waals surface area contributed by atoms with E-state index in [-0.39, 0.29) is 6.61 Å². The Bertz CT molecular complexity index is 412. The van der Waals surface area contributed by atoms with E-state index in [1.807, 2.05) is 36.5 Å². The van der Waals surface area contributed by atoms with Crippen LogP contribution in [0.3, 0.4) is 0 Å². The van der Waals surface area contributed by atoms with Crippen molar-refractivity contribution in [3.05, 3.63) is 54.4 Å². The molecular formula is C12H12NO+. The molecule has 0 radical (unpaired) electrons. The Balaban J connectivity index is 2.42. The number of pyridine rings is 1. The maximum Gasteiger partial charge on any atom is 0.205 e. The smallest absolute Gasteiger partial charge is 0.205 e. The van der Waals surface area contributed by atoms with Crippen LogP contribution in [-0.2, 0) is 6.61 Å². The number of aromatic nitrogens is 1. The number of nitrogens with one attached hydrogen (secondary N) is 1. The number of hydrogen-bond acceptors (Lipinski definition) is 1. The van der Waals surface area contributed by atoms with Gasteiger partial charge in [-0.25, -0.2) is 4.98 Å². The summed E-state index contributed by atoms with van der Waals surface area (Å²) in [7, 11) is 0. The molecule has 70 valence electrons. The molecule has 2 aromatic rings. The molecule has 0 bridgehead atoms. The topological polar surface area (TPSA) is 34.4 Å². The van der Waals surface area contributed by atoms with Crippen LogP contribution in [0.4, 0.5) is 0 Å². The lowest BCUT2D eigenvalue weighted by Gasteiger charge is -1.99. The second-order valence-electron chi connectivity index (χ2n) is 3.13. The Morgan fingerprint density at radius 1 is 1.00 bits per heavy atom. The monoisotopic (exact) mass is 186 g/mol. The normalized spacial score (nSPS) is 10.1. The lowest BCUT2D eigenvalue weighted by Crippen LogP contribution is -2.09. The highest BCUT2D eigenvalue weighted by atomic mass is 16.3. The van der Waals surface area contributed by atoms with Crippen LogP contribution in [0.15, 0.2) is 48.7 Å². The highest BCUT2D eigenvalue weighted by Gasteiger charge is 2.02. The zero-order valence-electron chi connectivity index (χ0n) is 7.77. The number of aliphatic hydroxyl groups is 1. The van der Waals surface area contributed by atoms with E-state index in [0.717, 1.165) is 16.8 Å². The average Bonchev–Trinajstić information content (AvgIpc) is 2.30. The van der Waals surface area contributed by atoms with Crippen LogP contribution in [0, 0.1) is 0 Å². The van der Waals surface area contributed by atoms with Gasteiger partial charge in [-0.1, -0.05) is 30.3 Å². The van der Waals surface area contributed by atoms with Gasteiger partial charge >= 0.3 is 0 Å². The number of aliphatic hydroxyl groups excluding tert-OH is 1. The molecule has 1 aromatic carbocycles. The minimum absolute atomic E-state index is 0.0423. The first-order valence-electron chi connectivity index (χ1n) is 4.57. The standard InChI is InChI=1S/C12H11NO/c14-9-12-8-11(6-7-13-12)10-4-2-1-3-5-10/h1-8,14H,9H2/p+1. The molecule has 0 fully saturated rings. The van der Waals surface area contributed by atoms with Crippen LogP contribution in [0.5, 0.6) is 0 Å². The lowest BCUT2D eigenvalue weighted by molar-refractivity contribution is -0.394. The van der Waals surface area contributed by atoms with Crippen molar-refractivity contribution >= 4 is 0 Å². The fraction of sp³-hybridized carbons (Fsp3) is 0.0833. The molecule has 0 amide bonds. The van der Waals surface area contributed by atoms with Crippen molar-refractivity contribution < 1.29 is 10.1 Å². The number of rotatable bonds is 2. The third-order valence-electron chi connectivity index (χ3n) is 2.14. The molecule has 2 rings (SSSR count). The Hall–Kier alpha value is -1.67. The van der Waals surface area contributed by atoms with Crippen LogP contribution in [0.1, 0.15) is 5.69 Å². The third kappa shape index (κ3) is 1.80. The molecule has 1 aromatic heterocycles. The van der Waals surface area contributed by atoms with E-state index < -0.39 is 0 Å². The van der Waals surface area contributed by atoms with Crippen molar-refractivity contribution in [2.75, 3.05) is 0 Å². The second-order valence-corrected chi connectivity index (χ2v) is 3.13. The molecule has 2 nitrogen and oxygen atoms in total. The Morgan fingerprint density at radius 3 is 2.50 bits per heavy atom. The largest absolute Gasteiger partial charge is 0.385 e. The first-order valence-corrected chi connectivity index (χ1v) is 4.57. The predicted octanol–water partition coefficient (Wildman–Crippen LogP) is 1.66. The molecule has 0 aliphatic carbocycles. The fourth-order valence-corrected chi connectivity index (χ4v) is 1.42. The molecule has 1 heterocycles. The molecule has 0 unspecified atom stereocenters. The summed E-state index contributed by atoms with van der Waals surface area (Å²) in [5.74, 6) is 0. The molecule has 0 aliphatic rings. The summed E-state index contributed by atoms with van der Waals surface area (Å²) in [6.45, 7) is 0.0423. The molecular weight excluding hydrogens is 174 g/mol. The Kier molecular flexibility index (Phi) is 2.56. The van der Waals surface area contributed by atoms with Gasteiger partial charge in [0.1, 0.15) is 6.61 Å². The first-order chi connectivity index (χ1) is 6.90. The zero-order chi connectivity index (χ0) is 9.80. The summed E-state index contributed by atoms with van der Waals surface area (Å²) in [5, 5.41) is 8.98. The van der Waals surface area contributed by atoms with E-state index in [2.05, 4.69) is 17.1 Å². The van der Waals surface area contributed by atoms with E-state index >= 15 is 0 Å². The average molecular weight is 186 g/mol. The van der Waals surface area contributed by atoms with Crippen LogP contribution in [0.25, 0.3) is 11.1 Å². The van der Waals surface area contributed by atoms with Gasteiger partial charge in [0.05, 0.1) is 0 Å². The van der Waals surface area contributed by atoms with Gasteiger partial charge in [0, 0.05) is 12.1 Å². The van der Waals surface area contributed by atoms with Crippen molar-refractivity contribution in [1.82, 2.24) is 0 Å². The van der Waals surface area contributed by atoms with Crippen molar-refractivity contribution in [3.8, 4) is 11.1 Å². The van der Waals surface area contributed by atoms with E-state index in [0.29, 0.717) is 0 Å². The summed E-state index contributed by atoms with van der Waals surface area (Å²) in [4.78, 5) is 2.98. The molecule has 2 N–H and O–H groups in total. The molecule has 14 heavy (non-hydrogen) atoms. The molecule has 0 atom stereocenters. The van der Waals surface area contributed by atoms with Gasteiger partial charge in [-0.3, -0.25) is 0 Å². The van der Waals surface area contributed by atoms with Crippen molar-refractivity contribution in [1.29, 1.82) is 0 Å². The van der Waals surface area contributed by atoms with Crippen LogP contribution in [0.2, 0.25) is 0 Å². The minimum atomic E-state index is 0.0423. The first kappa shape index (κ1) is 8.91. The third-order valence-corrected chi connectivity index (χ3v) is 2.14. The Labute approximate surface area is 82.9 Å². The van der Waals surface area contributed by atoms with Gasteiger partial charge in [-0.2, -0.15) is 0 Å². The Morgan fingerprint density at radius 2 is 1.79 bits per heavy atom. The van der Waals surface area contributed by atoms with Gasteiger partial charge < -0.3 is 5.11 Å². The second kappa shape index (κ2) is 4.03. The molecule has 2 heteroatoms. The van der Waals surface area contributed by atoms with E-state index in [1.165, 1.54) is 0 Å². The van der Waals surface area contributed by atoms with Gasteiger partial charge in [0.25, 0.3) is 0 Å². The molecule has 0 aliphatic heterocycles. The predicted molar refractivity (Wildman–Crippen MR) is 54.4 cm³/mol. The van der Waals surface area contributed by atoms with Crippen molar-refractivity contribution in [2.24, 2.45) is 0 Å².